The molecule has 2 N–H and O–H groups in total. The van der Waals surface area contributed by atoms with E-state index in [9.17, 15) is 4.79 Å². The van der Waals surface area contributed by atoms with Gasteiger partial charge in [0.25, 0.3) is 0 Å². The number of thiazole rings is 1. The Hall–Kier alpha value is -1.14. The van der Waals surface area contributed by atoms with E-state index in [1.165, 1.54) is 0 Å². The fourth-order valence-electron chi connectivity index (χ4n) is 2.33. The van der Waals surface area contributed by atoms with Crippen molar-refractivity contribution in [3.63, 3.8) is 0 Å². The van der Waals surface area contributed by atoms with Gasteiger partial charge >= 0.3 is 0 Å². The molecule has 1 saturated heterocycles. The van der Waals surface area contributed by atoms with Crippen LogP contribution in [0.25, 0.3) is 0 Å². The largest absolute Gasteiger partial charge is 0.345 e. The van der Waals surface area contributed by atoms with Crippen LogP contribution >= 0.6 is 11.3 Å². The fourth-order valence-corrected chi connectivity index (χ4v) is 3.03. The van der Waals surface area contributed by atoms with E-state index in [-0.39, 0.29) is 11.9 Å². The maximum absolute atomic E-state index is 12.2. The Morgan fingerprint density at radius 2 is 2.11 bits per heavy atom. The van der Waals surface area contributed by atoms with Gasteiger partial charge in [0.05, 0.1) is 6.04 Å². The molecule has 2 heterocycles. The van der Waals surface area contributed by atoms with Crippen LogP contribution in [0.2, 0.25) is 0 Å². The van der Waals surface area contributed by atoms with E-state index < -0.39 is 0 Å². The first kappa shape index (κ1) is 14.3. The van der Waals surface area contributed by atoms with Crippen molar-refractivity contribution in [2.24, 2.45) is 11.7 Å². The summed E-state index contributed by atoms with van der Waals surface area (Å²) < 4.78 is 0. The van der Waals surface area contributed by atoms with Crippen LogP contribution in [-0.2, 0) is 4.79 Å². The van der Waals surface area contributed by atoms with Crippen LogP contribution in [-0.4, -0.2) is 48.0 Å². The van der Waals surface area contributed by atoms with Crippen LogP contribution < -0.4 is 10.6 Å². The molecule has 106 valence electrons. The number of aromatic nitrogens is 1. The molecule has 0 spiro atoms. The first-order valence-corrected chi connectivity index (χ1v) is 7.64. The molecule has 1 unspecified atom stereocenters. The molecule has 19 heavy (non-hydrogen) atoms. The molecule has 0 radical (unpaired) electrons. The molecule has 5 nitrogen and oxygen atoms in total. The average Bonchev–Trinajstić information content (AvgIpc) is 2.91. The van der Waals surface area contributed by atoms with E-state index in [2.05, 4.69) is 23.7 Å². The SMILES string of the molecule is CC(C)CC(N)C(=O)N1CCN(c2nccs2)CC1. The summed E-state index contributed by atoms with van der Waals surface area (Å²) in [5.41, 5.74) is 5.96. The second-order valence-corrected chi connectivity index (χ2v) is 6.24. The third-order valence-corrected chi connectivity index (χ3v) is 4.16. The lowest BCUT2D eigenvalue weighted by Crippen LogP contribution is -2.53. The molecule has 1 aromatic rings. The Morgan fingerprint density at radius 1 is 1.42 bits per heavy atom. The Bertz CT molecular complexity index is 399. The molecule has 1 aromatic heterocycles. The van der Waals surface area contributed by atoms with Crippen molar-refractivity contribution >= 4 is 22.4 Å². The van der Waals surface area contributed by atoms with Crippen molar-refractivity contribution in [3.05, 3.63) is 11.6 Å². The number of rotatable bonds is 4. The summed E-state index contributed by atoms with van der Waals surface area (Å²) in [7, 11) is 0. The lowest BCUT2D eigenvalue weighted by Gasteiger charge is -2.35. The summed E-state index contributed by atoms with van der Waals surface area (Å²) in [4.78, 5) is 20.6. The first-order valence-electron chi connectivity index (χ1n) is 6.76. The highest BCUT2D eigenvalue weighted by molar-refractivity contribution is 7.13. The third-order valence-electron chi connectivity index (χ3n) is 3.32. The van der Waals surface area contributed by atoms with Gasteiger partial charge in [-0.3, -0.25) is 4.79 Å². The van der Waals surface area contributed by atoms with Gasteiger partial charge < -0.3 is 15.5 Å². The number of amides is 1. The van der Waals surface area contributed by atoms with Crippen molar-refractivity contribution in [2.45, 2.75) is 26.3 Å². The van der Waals surface area contributed by atoms with E-state index in [0.29, 0.717) is 5.92 Å². The van der Waals surface area contributed by atoms with Gasteiger partial charge in [-0.1, -0.05) is 13.8 Å². The molecule has 0 bridgehead atoms. The predicted octanol–water partition coefficient (Wildman–Crippen LogP) is 1.17. The molecule has 1 amide bonds. The topological polar surface area (TPSA) is 62.5 Å². The summed E-state index contributed by atoms with van der Waals surface area (Å²) in [5.74, 6) is 0.544. The van der Waals surface area contributed by atoms with Gasteiger partial charge in [-0.25, -0.2) is 4.98 Å². The van der Waals surface area contributed by atoms with Crippen molar-refractivity contribution in [1.29, 1.82) is 0 Å². The maximum Gasteiger partial charge on any atom is 0.239 e. The zero-order chi connectivity index (χ0) is 13.8. The molecule has 6 heteroatoms. The molecule has 1 aliphatic heterocycles. The van der Waals surface area contributed by atoms with Crippen LogP contribution in [0.15, 0.2) is 11.6 Å². The predicted molar refractivity (Wildman–Crippen MR) is 78.3 cm³/mol. The van der Waals surface area contributed by atoms with Crippen LogP contribution in [0.5, 0.6) is 0 Å². The van der Waals surface area contributed by atoms with Crippen LogP contribution in [0.1, 0.15) is 20.3 Å². The van der Waals surface area contributed by atoms with E-state index in [1.54, 1.807) is 11.3 Å². The van der Waals surface area contributed by atoms with E-state index in [4.69, 9.17) is 5.73 Å². The van der Waals surface area contributed by atoms with Crippen molar-refractivity contribution in [3.8, 4) is 0 Å². The smallest absolute Gasteiger partial charge is 0.239 e. The molecule has 1 aliphatic rings. The van der Waals surface area contributed by atoms with Crippen LogP contribution in [0.3, 0.4) is 0 Å². The summed E-state index contributed by atoms with van der Waals surface area (Å²) in [6, 6.07) is -0.355. The van der Waals surface area contributed by atoms with Gasteiger partial charge in [0.15, 0.2) is 5.13 Å². The number of anilines is 1. The van der Waals surface area contributed by atoms with Crippen LogP contribution in [0, 0.1) is 5.92 Å². The number of carbonyl (C=O) groups is 1. The highest BCUT2D eigenvalue weighted by atomic mass is 32.1. The zero-order valence-electron chi connectivity index (χ0n) is 11.6. The Kier molecular flexibility index (Phi) is 4.76. The second-order valence-electron chi connectivity index (χ2n) is 5.36. The molecule has 0 aliphatic carbocycles. The van der Waals surface area contributed by atoms with Gasteiger partial charge in [-0.15, -0.1) is 11.3 Å². The van der Waals surface area contributed by atoms with Gasteiger partial charge in [-0.2, -0.15) is 0 Å². The van der Waals surface area contributed by atoms with Crippen molar-refractivity contribution < 1.29 is 4.79 Å². The summed E-state index contributed by atoms with van der Waals surface area (Å²) in [5, 5.41) is 3.02. The quantitative estimate of drug-likeness (QED) is 0.900. The lowest BCUT2D eigenvalue weighted by atomic mass is 10.0. The number of carbonyl (C=O) groups excluding carboxylic acids is 1. The van der Waals surface area contributed by atoms with E-state index in [0.717, 1.165) is 37.7 Å². The number of hydrogen-bond acceptors (Lipinski definition) is 5. The minimum Gasteiger partial charge on any atom is -0.345 e. The maximum atomic E-state index is 12.2. The molecule has 0 aromatic carbocycles. The lowest BCUT2D eigenvalue weighted by molar-refractivity contribution is -0.133. The van der Waals surface area contributed by atoms with Gasteiger partial charge in [0, 0.05) is 37.8 Å². The third kappa shape index (κ3) is 3.67. The minimum atomic E-state index is -0.355. The Labute approximate surface area is 118 Å². The monoisotopic (exact) mass is 282 g/mol. The molecular weight excluding hydrogens is 260 g/mol. The minimum absolute atomic E-state index is 0.0903. The number of piperazine rings is 1. The van der Waals surface area contributed by atoms with Crippen molar-refractivity contribution in [2.75, 3.05) is 31.1 Å². The highest BCUT2D eigenvalue weighted by Crippen LogP contribution is 2.19. The molecule has 0 saturated carbocycles. The normalized spacial score (nSPS) is 17.9. The number of hydrogen-bond donors (Lipinski definition) is 1. The molecular formula is C13H22N4OS. The highest BCUT2D eigenvalue weighted by Gasteiger charge is 2.26. The van der Waals surface area contributed by atoms with Gasteiger partial charge in [0.2, 0.25) is 5.91 Å². The molecule has 1 fully saturated rings. The second kappa shape index (κ2) is 6.34. The summed E-state index contributed by atoms with van der Waals surface area (Å²) in [6.45, 7) is 7.34. The van der Waals surface area contributed by atoms with Gasteiger partial charge in [0.1, 0.15) is 0 Å². The average molecular weight is 282 g/mol. The molecule has 1 atom stereocenters. The van der Waals surface area contributed by atoms with Crippen LogP contribution in [0.4, 0.5) is 5.13 Å². The van der Waals surface area contributed by atoms with E-state index >= 15 is 0 Å². The van der Waals surface area contributed by atoms with E-state index in [1.807, 2.05) is 16.5 Å². The summed E-state index contributed by atoms with van der Waals surface area (Å²) >= 11 is 1.64. The Balaban J connectivity index is 1.84. The number of nitrogens with two attached hydrogens (primary N) is 1. The standard InChI is InChI=1S/C13H22N4OS/c1-10(2)9-11(14)12(18)16-4-6-17(7-5-16)13-15-3-8-19-13/h3,8,10-11H,4-7,9,14H2,1-2H3. The Morgan fingerprint density at radius 3 is 2.63 bits per heavy atom. The zero-order valence-corrected chi connectivity index (χ0v) is 12.4. The number of nitrogens with zero attached hydrogens (tertiary/aromatic N) is 3. The summed E-state index contributed by atoms with van der Waals surface area (Å²) in [6.07, 6.45) is 2.57. The fraction of sp³-hybridized carbons (Fsp3) is 0.692. The van der Waals surface area contributed by atoms with Gasteiger partial charge in [-0.05, 0) is 12.3 Å². The first-order chi connectivity index (χ1) is 9.08. The molecule has 2 rings (SSSR count). The van der Waals surface area contributed by atoms with Crippen molar-refractivity contribution in [1.82, 2.24) is 9.88 Å².